The number of nitrogens with two attached hydrogens (primary N) is 1. The minimum Gasteiger partial charge on any atom is -0.383 e. The van der Waals surface area contributed by atoms with E-state index in [2.05, 4.69) is 20.6 Å². The molecule has 0 fully saturated rings. The Morgan fingerprint density at radius 1 is 1.07 bits per heavy atom. The molecule has 0 aliphatic heterocycles. The maximum atomic E-state index is 12.4. The fourth-order valence-corrected chi connectivity index (χ4v) is 3.20. The molecular formula is C23H18N6O. The maximum Gasteiger partial charge on any atom is 0.324 e. The van der Waals surface area contributed by atoms with E-state index in [-0.39, 0.29) is 0 Å². The smallest absolute Gasteiger partial charge is 0.324 e. The molecule has 0 spiro atoms. The molecule has 30 heavy (non-hydrogen) atoms. The van der Waals surface area contributed by atoms with Crippen LogP contribution in [0.3, 0.4) is 0 Å². The molecule has 146 valence electrons. The Balaban J connectivity index is 1.63. The zero-order valence-corrected chi connectivity index (χ0v) is 16.2. The lowest BCUT2D eigenvalue weighted by molar-refractivity contribution is 0.262. The van der Waals surface area contributed by atoms with E-state index in [1.807, 2.05) is 43.3 Å². The van der Waals surface area contributed by atoms with Gasteiger partial charge in [-0.1, -0.05) is 36.4 Å². The summed E-state index contributed by atoms with van der Waals surface area (Å²) in [6.07, 6.45) is 1.58. The molecule has 2 heterocycles. The Morgan fingerprint density at radius 2 is 1.83 bits per heavy atom. The molecule has 0 unspecified atom stereocenters. The van der Waals surface area contributed by atoms with Crippen LogP contribution < -0.4 is 16.4 Å². The molecule has 4 N–H and O–H groups in total. The SMILES string of the molecule is Cc1ccccc1-c1cc2cc(NC(=O)Nc3ccccc3C#N)ncc2c(N)n1. The quantitative estimate of drug-likeness (QED) is 0.465. The predicted molar refractivity (Wildman–Crippen MR) is 118 cm³/mol. The Kier molecular flexibility index (Phi) is 4.97. The summed E-state index contributed by atoms with van der Waals surface area (Å²) < 4.78 is 0. The number of rotatable bonds is 3. The zero-order valence-electron chi connectivity index (χ0n) is 16.2. The number of nitrogen functional groups attached to an aromatic ring is 1. The number of aryl methyl sites for hydroxylation is 1. The van der Waals surface area contributed by atoms with Crippen LogP contribution in [0.25, 0.3) is 22.0 Å². The number of nitrogens with zero attached hydrogens (tertiary/aromatic N) is 3. The van der Waals surface area contributed by atoms with Gasteiger partial charge in [-0.15, -0.1) is 0 Å². The number of anilines is 3. The molecule has 2 aromatic carbocycles. The van der Waals surface area contributed by atoms with Gasteiger partial charge in [-0.05, 0) is 42.1 Å². The van der Waals surface area contributed by atoms with Gasteiger partial charge in [0.15, 0.2) is 0 Å². The molecule has 7 heteroatoms. The van der Waals surface area contributed by atoms with Crippen LogP contribution in [-0.4, -0.2) is 16.0 Å². The third-order valence-corrected chi connectivity index (χ3v) is 4.70. The number of nitriles is 1. The Bertz CT molecular complexity index is 1310. The number of amides is 2. The first-order valence-corrected chi connectivity index (χ1v) is 9.24. The highest BCUT2D eigenvalue weighted by atomic mass is 16.2. The number of carbonyl (C=O) groups is 1. The van der Waals surface area contributed by atoms with Crippen LogP contribution in [0.2, 0.25) is 0 Å². The zero-order chi connectivity index (χ0) is 21.1. The second kappa shape index (κ2) is 7.89. The molecule has 2 aromatic heterocycles. The van der Waals surface area contributed by atoms with Crippen molar-refractivity contribution in [3.05, 3.63) is 78.0 Å². The van der Waals surface area contributed by atoms with Gasteiger partial charge in [0.2, 0.25) is 0 Å². The van der Waals surface area contributed by atoms with Gasteiger partial charge in [0.1, 0.15) is 17.7 Å². The number of carbonyl (C=O) groups excluding carboxylic acids is 1. The highest BCUT2D eigenvalue weighted by molar-refractivity contribution is 6.02. The van der Waals surface area contributed by atoms with Crippen LogP contribution in [0.1, 0.15) is 11.1 Å². The van der Waals surface area contributed by atoms with E-state index in [1.54, 1.807) is 36.5 Å². The van der Waals surface area contributed by atoms with Crippen LogP contribution in [0.4, 0.5) is 22.1 Å². The van der Waals surface area contributed by atoms with E-state index in [1.165, 1.54) is 0 Å². The molecule has 0 bridgehead atoms. The fraction of sp³-hybridized carbons (Fsp3) is 0.0435. The van der Waals surface area contributed by atoms with E-state index >= 15 is 0 Å². The van der Waals surface area contributed by atoms with Crippen molar-refractivity contribution in [3.8, 4) is 17.3 Å². The van der Waals surface area contributed by atoms with Gasteiger partial charge in [-0.2, -0.15) is 5.26 Å². The third kappa shape index (κ3) is 3.75. The third-order valence-electron chi connectivity index (χ3n) is 4.70. The Morgan fingerprint density at radius 3 is 2.63 bits per heavy atom. The van der Waals surface area contributed by atoms with Gasteiger partial charge in [0.25, 0.3) is 0 Å². The van der Waals surface area contributed by atoms with E-state index in [0.717, 1.165) is 22.2 Å². The first kappa shape index (κ1) is 18.9. The average Bonchev–Trinajstić information content (AvgIpc) is 2.74. The molecule has 0 radical (unpaired) electrons. The molecule has 4 rings (SSSR count). The molecule has 0 aliphatic carbocycles. The molecule has 0 aliphatic rings. The minimum atomic E-state index is -0.495. The summed E-state index contributed by atoms with van der Waals surface area (Å²) in [6.45, 7) is 2.01. The second-order valence-corrected chi connectivity index (χ2v) is 6.73. The highest BCUT2D eigenvalue weighted by Gasteiger charge is 2.11. The summed E-state index contributed by atoms with van der Waals surface area (Å²) in [7, 11) is 0. The van der Waals surface area contributed by atoms with E-state index in [9.17, 15) is 4.79 Å². The number of urea groups is 1. The minimum absolute atomic E-state index is 0.357. The highest BCUT2D eigenvalue weighted by Crippen LogP contribution is 2.29. The number of hydrogen-bond donors (Lipinski definition) is 3. The topological polar surface area (TPSA) is 117 Å². The summed E-state index contributed by atoms with van der Waals surface area (Å²) in [6, 6.07) is 19.9. The summed E-state index contributed by atoms with van der Waals surface area (Å²) in [5, 5.41) is 16.0. The molecule has 0 saturated carbocycles. The van der Waals surface area contributed by atoms with Crippen LogP contribution in [0.5, 0.6) is 0 Å². The first-order chi connectivity index (χ1) is 14.5. The number of hydrogen-bond acceptors (Lipinski definition) is 5. The van der Waals surface area contributed by atoms with Gasteiger partial charge >= 0.3 is 6.03 Å². The van der Waals surface area contributed by atoms with Gasteiger partial charge in [0, 0.05) is 17.1 Å². The molecular weight excluding hydrogens is 376 g/mol. The Labute approximate surface area is 173 Å². The summed E-state index contributed by atoms with van der Waals surface area (Å²) in [5.41, 5.74) is 9.78. The van der Waals surface area contributed by atoms with Crippen LogP contribution >= 0.6 is 0 Å². The normalized spacial score (nSPS) is 10.4. The second-order valence-electron chi connectivity index (χ2n) is 6.73. The van der Waals surface area contributed by atoms with E-state index < -0.39 is 6.03 Å². The summed E-state index contributed by atoms with van der Waals surface area (Å²) in [4.78, 5) is 21.1. The average molecular weight is 394 g/mol. The molecule has 7 nitrogen and oxygen atoms in total. The number of aromatic nitrogens is 2. The van der Waals surface area contributed by atoms with Crippen molar-refractivity contribution in [3.63, 3.8) is 0 Å². The van der Waals surface area contributed by atoms with Gasteiger partial charge in [0.05, 0.1) is 16.9 Å². The van der Waals surface area contributed by atoms with Crippen molar-refractivity contribution in [2.75, 3.05) is 16.4 Å². The van der Waals surface area contributed by atoms with Crippen LogP contribution in [0, 0.1) is 18.3 Å². The monoisotopic (exact) mass is 394 g/mol. The van der Waals surface area contributed by atoms with Crippen LogP contribution in [-0.2, 0) is 0 Å². The number of fused-ring (bicyclic) bond motifs is 1. The lowest BCUT2D eigenvalue weighted by Crippen LogP contribution is -2.20. The van der Waals surface area contributed by atoms with Crippen molar-refractivity contribution >= 4 is 34.1 Å². The molecule has 4 aromatic rings. The Hall–Kier alpha value is -4.44. The van der Waals surface area contributed by atoms with Crippen molar-refractivity contribution in [2.45, 2.75) is 6.92 Å². The number of pyridine rings is 2. The number of para-hydroxylation sites is 1. The van der Waals surface area contributed by atoms with Gasteiger partial charge in [-0.25, -0.2) is 14.8 Å². The van der Waals surface area contributed by atoms with Gasteiger partial charge in [-0.3, -0.25) is 5.32 Å². The first-order valence-electron chi connectivity index (χ1n) is 9.24. The maximum absolute atomic E-state index is 12.4. The van der Waals surface area contributed by atoms with Crippen LogP contribution in [0.15, 0.2) is 66.9 Å². The lowest BCUT2D eigenvalue weighted by atomic mass is 10.0. The molecule has 0 atom stereocenters. The van der Waals surface area contributed by atoms with Gasteiger partial charge < -0.3 is 11.1 Å². The molecule has 2 amide bonds. The van der Waals surface area contributed by atoms with Crippen molar-refractivity contribution in [1.82, 2.24) is 9.97 Å². The standard InChI is InChI=1S/C23H18N6O/c1-14-6-2-4-8-17(14)20-10-16-11-21(26-13-18(16)22(25)27-20)29-23(30)28-19-9-5-3-7-15(19)12-24/h2-11,13H,1H3,(H2,25,27)(H2,26,28,29,30). The summed E-state index contributed by atoms with van der Waals surface area (Å²) >= 11 is 0. The van der Waals surface area contributed by atoms with Crippen molar-refractivity contribution < 1.29 is 4.79 Å². The summed E-state index contributed by atoms with van der Waals surface area (Å²) in [5.74, 6) is 0.730. The van der Waals surface area contributed by atoms with E-state index in [0.29, 0.717) is 28.3 Å². The predicted octanol–water partition coefficient (Wildman–Crippen LogP) is 4.70. The van der Waals surface area contributed by atoms with E-state index in [4.69, 9.17) is 11.0 Å². The number of nitrogens with one attached hydrogen (secondary N) is 2. The lowest BCUT2D eigenvalue weighted by Gasteiger charge is -2.11. The fourth-order valence-electron chi connectivity index (χ4n) is 3.20. The number of benzene rings is 2. The van der Waals surface area contributed by atoms with Crippen molar-refractivity contribution in [2.24, 2.45) is 0 Å². The van der Waals surface area contributed by atoms with Crippen molar-refractivity contribution in [1.29, 1.82) is 5.26 Å². The largest absolute Gasteiger partial charge is 0.383 e. The molecule has 0 saturated heterocycles.